The zero-order valence-electron chi connectivity index (χ0n) is 14.6. The molecule has 1 aliphatic heterocycles. The summed E-state index contributed by atoms with van der Waals surface area (Å²) in [5, 5.41) is 14.3. The Balaban J connectivity index is 0.00000225. The van der Waals surface area contributed by atoms with E-state index in [1.54, 1.807) is 11.6 Å². The van der Waals surface area contributed by atoms with E-state index in [1.807, 2.05) is 20.0 Å². The molecule has 7 nitrogen and oxygen atoms in total. The van der Waals surface area contributed by atoms with Crippen molar-refractivity contribution >= 4 is 45.8 Å². The highest BCUT2D eigenvalue weighted by atomic mass is 35.5. The minimum absolute atomic E-state index is 0. The summed E-state index contributed by atoms with van der Waals surface area (Å²) in [4.78, 5) is 26.1. The van der Waals surface area contributed by atoms with Crippen molar-refractivity contribution in [3.63, 3.8) is 0 Å². The number of amides is 2. The predicted octanol–water partition coefficient (Wildman–Crippen LogP) is 1.35. The van der Waals surface area contributed by atoms with Gasteiger partial charge in [-0.3, -0.25) is 14.3 Å². The molecule has 1 aliphatic rings. The van der Waals surface area contributed by atoms with E-state index in [2.05, 4.69) is 21.0 Å². The molecule has 0 radical (unpaired) electrons. The van der Waals surface area contributed by atoms with Gasteiger partial charge in [-0.1, -0.05) is 0 Å². The van der Waals surface area contributed by atoms with Crippen LogP contribution in [0.5, 0.6) is 0 Å². The van der Waals surface area contributed by atoms with E-state index in [9.17, 15) is 9.59 Å². The summed E-state index contributed by atoms with van der Waals surface area (Å²) in [6, 6.07) is 1.61. The molecule has 3 rings (SSSR count). The van der Waals surface area contributed by atoms with Gasteiger partial charge in [0.25, 0.3) is 5.91 Å². The Hall–Kier alpha value is -1.64. The first-order valence-electron chi connectivity index (χ1n) is 8.21. The van der Waals surface area contributed by atoms with Gasteiger partial charge in [0.05, 0.1) is 10.6 Å². The molecule has 0 spiro atoms. The highest BCUT2D eigenvalue weighted by Crippen LogP contribution is 2.27. The van der Waals surface area contributed by atoms with Gasteiger partial charge in [-0.15, -0.1) is 23.7 Å². The van der Waals surface area contributed by atoms with E-state index >= 15 is 0 Å². The third-order valence-electron chi connectivity index (χ3n) is 4.35. The van der Waals surface area contributed by atoms with Crippen molar-refractivity contribution in [1.29, 1.82) is 0 Å². The molecule has 2 amide bonds. The number of nitrogens with one attached hydrogen (secondary N) is 3. The fraction of sp³-hybridized carbons (Fsp3) is 0.562. The van der Waals surface area contributed by atoms with Crippen LogP contribution in [0.1, 0.15) is 35.1 Å². The van der Waals surface area contributed by atoms with Crippen LogP contribution >= 0.6 is 23.7 Å². The molecule has 2 aromatic heterocycles. The van der Waals surface area contributed by atoms with Crippen molar-refractivity contribution in [2.75, 3.05) is 13.1 Å². The first-order valence-corrected chi connectivity index (χ1v) is 9.02. The maximum absolute atomic E-state index is 12.4. The number of fused-ring (bicyclic) bond motifs is 1. The molecule has 0 saturated carbocycles. The summed E-state index contributed by atoms with van der Waals surface area (Å²) in [6.45, 7) is 5.24. The monoisotopic (exact) mass is 385 g/mol. The van der Waals surface area contributed by atoms with E-state index in [-0.39, 0.29) is 24.2 Å². The van der Waals surface area contributed by atoms with Crippen LogP contribution in [0.4, 0.5) is 0 Å². The van der Waals surface area contributed by atoms with Crippen LogP contribution in [0.3, 0.4) is 0 Å². The number of carbonyl (C=O) groups is 2. The Morgan fingerprint density at radius 3 is 2.92 bits per heavy atom. The molecule has 138 valence electrons. The normalized spacial score (nSPS) is 18.0. The molecule has 2 atom stereocenters. The summed E-state index contributed by atoms with van der Waals surface area (Å²) in [6.07, 6.45) is 2.23. The minimum atomic E-state index is -0.566. The smallest absolute Gasteiger partial charge is 0.262 e. The minimum Gasteiger partial charge on any atom is -0.353 e. The Bertz CT molecular complexity index is 731. The number of nitrogens with zero attached hydrogens (tertiary/aromatic N) is 2. The molecule has 0 aliphatic carbocycles. The van der Waals surface area contributed by atoms with Gasteiger partial charge in [-0.25, -0.2) is 0 Å². The SMILES string of the molecule is Cc1nn(C)c2sc(C(=O)NC(C)C(=O)NCC3CCCN3)cc12.Cl. The van der Waals surface area contributed by atoms with Gasteiger partial charge in [-0.2, -0.15) is 5.10 Å². The molecular formula is C16H24ClN5O2S. The van der Waals surface area contributed by atoms with Crippen molar-refractivity contribution in [3.8, 4) is 0 Å². The molecule has 3 heterocycles. The highest BCUT2D eigenvalue weighted by Gasteiger charge is 2.21. The van der Waals surface area contributed by atoms with E-state index in [4.69, 9.17) is 0 Å². The Kier molecular flexibility index (Phi) is 6.42. The van der Waals surface area contributed by atoms with Gasteiger partial charge >= 0.3 is 0 Å². The number of hydrogen-bond donors (Lipinski definition) is 3. The largest absolute Gasteiger partial charge is 0.353 e. The summed E-state index contributed by atoms with van der Waals surface area (Å²) in [5.74, 6) is -0.381. The molecular weight excluding hydrogens is 362 g/mol. The quantitative estimate of drug-likeness (QED) is 0.725. The highest BCUT2D eigenvalue weighted by molar-refractivity contribution is 7.20. The van der Waals surface area contributed by atoms with Crippen molar-refractivity contribution in [2.24, 2.45) is 7.05 Å². The Morgan fingerprint density at radius 2 is 2.28 bits per heavy atom. The molecule has 1 saturated heterocycles. The fourth-order valence-corrected chi connectivity index (χ4v) is 3.98. The van der Waals surface area contributed by atoms with E-state index in [0.29, 0.717) is 17.5 Å². The first kappa shape index (κ1) is 19.7. The maximum atomic E-state index is 12.4. The zero-order valence-corrected chi connectivity index (χ0v) is 16.2. The van der Waals surface area contributed by atoms with Gasteiger partial charge in [0.2, 0.25) is 5.91 Å². The van der Waals surface area contributed by atoms with Crippen LogP contribution in [0.15, 0.2) is 6.07 Å². The van der Waals surface area contributed by atoms with Crippen molar-refractivity contribution in [3.05, 3.63) is 16.6 Å². The summed E-state index contributed by atoms with van der Waals surface area (Å²) in [5.41, 5.74) is 0.901. The van der Waals surface area contributed by atoms with Crippen molar-refractivity contribution in [1.82, 2.24) is 25.7 Å². The van der Waals surface area contributed by atoms with Crippen molar-refractivity contribution in [2.45, 2.75) is 38.8 Å². The van der Waals surface area contributed by atoms with Crippen LogP contribution in [0, 0.1) is 6.92 Å². The van der Waals surface area contributed by atoms with Crippen LogP contribution < -0.4 is 16.0 Å². The van der Waals surface area contributed by atoms with Gasteiger partial charge in [-0.05, 0) is 39.3 Å². The third-order valence-corrected chi connectivity index (χ3v) is 5.55. The van der Waals surface area contributed by atoms with Crippen molar-refractivity contribution < 1.29 is 9.59 Å². The van der Waals surface area contributed by atoms with Gasteiger partial charge in [0.1, 0.15) is 10.9 Å². The number of carbonyl (C=O) groups excluding carboxylic acids is 2. The molecule has 2 unspecified atom stereocenters. The van der Waals surface area contributed by atoms with Crippen LogP contribution in [0.25, 0.3) is 10.2 Å². The number of rotatable bonds is 5. The summed E-state index contributed by atoms with van der Waals surface area (Å²) in [7, 11) is 1.86. The molecule has 0 bridgehead atoms. The van der Waals surface area contributed by atoms with E-state index in [1.165, 1.54) is 11.3 Å². The molecule has 25 heavy (non-hydrogen) atoms. The second kappa shape index (κ2) is 8.16. The molecule has 0 aromatic carbocycles. The summed E-state index contributed by atoms with van der Waals surface area (Å²) >= 11 is 1.39. The number of aryl methyl sites for hydroxylation is 2. The topological polar surface area (TPSA) is 88.0 Å². The number of halogens is 1. The second-order valence-electron chi connectivity index (χ2n) is 6.27. The molecule has 3 N–H and O–H groups in total. The van der Waals surface area contributed by atoms with Crippen LogP contribution in [-0.4, -0.2) is 46.8 Å². The van der Waals surface area contributed by atoms with Gasteiger partial charge in [0.15, 0.2) is 0 Å². The molecule has 1 fully saturated rings. The van der Waals surface area contributed by atoms with Crippen LogP contribution in [0.2, 0.25) is 0 Å². The fourth-order valence-electron chi connectivity index (χ4n) is 2.96. The first-order chi connectivity index (χ1) is 11.5. The number of hydrogen-bond acceptors (Lipinski definition) is 5. The second-order valence-corrected chi connectivity index (χ2v) is 7.30. The standard InChI is InChI=1S/C16H23N5O2S.ClH/c1-9-12-7-13(24-16(12)21(3)20-9)15(23)19-10(2)14(22)18-8-11-5-4-6-17-11;/h7,10-11,17H,4-6,8H2,1-3H3,(H,18,22)(H,19,23);1H. The van der Waals surface area contributed by atoms with E-state index < -0.39 is 6.04 Å². The number of thiophene rings is 1. The lowest BCUT2D eigenvalue weighted by atomic mass is 10.2. The Morgan fingerprint density at radius 1 is 1.52 bits per heavy atom. The lowest BCUT2D eigenvalue weighted by Gasteiger charge is -2.16. The third kappa shape index (κ3) is 4.31. The van der Waals surface area contributed by atoms with Gasteiger partial charge in [0, 0.05) is 25.0 Å². The lowest BCUT2D eigenvalue weighted by Crippen LogP contribution is -2.47. The van der Waals surface area contributed by atoms with E-state index in [0.717, 1.165) is 35.3 Å². The average molecular weight is 386 g/mol. The number of aromatic nitrogens is 2. The molecule has 2 aromatic rings. The predicted molar refractivity (Wildman–Crippen MR) is 102 cm³/mol. The summed E-state index contributed by atoms with van der Waals surface area (Å²) < 4.78 is 1.77. The van der Waals surface area contributed by atoms with Gasteiger partial charge < -0.3 is 16.0 Å². The molecule has 9 heteroatoms. The van der Waals surface area contributed by atoms with Crippen LogP contribution in [-0.2, 0) is 11.8 Å². The maximum Gasteiger partial charge on any atom is 0.262 e. The zero-order chi connectivity index (χ0) is 17.3. The average Bonchev–Trinajstić information content (AvgIpc) is 3.25. The Labute approximate surface area is 156 Å². The lowest BCUT2D eigenvalue weighted by molar-refractivity contribution is -0.122.